The van der Waals surface area contributed by atoms with Crippen LogP contribution in [0.4, 0.5) is 15.8 Å². The van der Waals surface area contributed by atoms with Crippen molar-refractivity contribution in [1.29, 1.82) is 0 Å². The number of fused-ring (bicyclic) bond motifs is 1. The summed E-state index contributed by atoms with van der Waals surface area (Å²) in [6, 6.07) is 4.88. The van der Waals surface area contributed by atoms with Gasteiger partial charge >= 0.3 is 5.97 Å². The molecule has 0 saturated heterocycles. The molecule has 0 aliphatic carbocycles. The predicted molar refractivity (Wildman–Crippen MR) is 96.0 cm³/mol. The average Bonchev–Trinajstić information content (AvgIpc) is 3.05. The monoisotopic (exact) mass is 362 g/mol. The molecular formula is C18H19FN2O3S. The Balaban J connectivity index is 1.77. The van der Waals surface area contributed by atoms with Gasteiger partial charge in [-0.1, -0.05) is 6.07 Å². The van der Waals surface area contributed by atoms with Crippen LogP contribution in [0.3, 0.4) is 0 Å². The molecule has 132 valence electrons. The number of esters is 1. The van der Waals surface area contributed by atoms with Gasteiger partial charge in [-0.15, -0.1) is 11.3 Å². The van der Waals surface area contributed by atoms with Crippen LogP contribution in [0.1, 0.15) is 27.2 Å². The third kappa shape index (κ3) is 3.51. The van der Waals surface area contributed by atoms with Crippen LogP contribution in [0.15, 0.2) is 23.6 Å². The summed E-state index contributed by atoms with van der Waals surface area (Å²) >= 11 is 1.21. The minimum Gasteiger partial charge on any atom is -0.465 e. The van der Waals surface area contributed by atoms with Gasteiger partial charge in [-0.2, -0.15) is 0 Å². The molecule has 1 N–H and O–H groups in total. The van der Waals surface area contributed by atoms with Gasteiger partial charge in [-0.3, -0.25) is 4.79 Å². The van der Waals surface area contributed by atoms with Crippen molar-refractivity contribution in [3.05, 3.63) is 45.4 Å². The number of anilines is 2. The van der Waals surface area contributed by atoms with E-state index in [0.717, 1.165) is 17.7 Å². The van der Waals surface area contributed by atoms with Crippen LogP contribution in [0.25, 0.3) is 0 Å². The van der Waals surface area contributed by atoms with E-state index in [-0.39, 0.29) is 18.3 Å². The molecule has 0 fully saturated rings. The van der Waals surface area contributed by atoms with Gasteiger partial charge in [0, 0.05) is 17.8 Å². The SMILES string of the molecule is COC(=O)c1sccc1NC(=O)CN1CCCc2c(F)ccc(C)c21. The molecule has 0 radical (unpaired) electrons. The van der Waals surface area contributed by atoms with Gasteiger partial charge in [0.1, 0.15) is 10.7 Å². The van der Waals surface area contributed by atoms with Gasteiger partial charge in [-0.05, 0) is 42.8 Å². The second-order valence-corrected chi connectivity index (χ2v) is 6.84. The quantitative estimate of drug-likeness (QED) is 0.847. The summed E-state index contributed by atoms with van der Waals surface area (Å²) in [4.78, 5) is 26.4. The van der Waals surface area contributed by atoms with E-state index in [9.17, 15) is 14.0 Å². The van der Waals surface area contributed by atoms with E-state index in [1.807, 2.05) is 11.8 Å². The Bertz CT molecular complexity index is 819. The third-order valence-electron chi connectivity index (χ3n) is 4.24. The lowest BCUT2D eigenvalue weighted by Gasteiger charge is -2.32. The van der Waals surface area contributed by atoms with Gasteiger partial charge in [0.25, 0.3) is 0 Å². The number of carbonyl (C=O) groups excluding carboxylic acids is 2. The molecule has 1 aliphatic heterocycles. The minimum atomic E-state index is -0.480. The molecular weight excluding hydrogens is 343 g/mol. The second kappa shape index (κ2) is 7.23. The summed E-state index contributed by atoms with van der Waals surface area (Å²) in [6.45, 7) is 2.72. The molecule has 0 saturated carbocycles. The largest absolute Gasteiger partial charge is 0.465 e. The molecule has 25 heavy (non-hydrogen) atoms. The van der Waals surface area contributed by atoms with Crippen molar-refractivity contribution in [3.8, 4) is 0 Å². The molecule has 7 heteroatoms. The molecule has 1 aromatic heterocycles. The van der Waals surface area contributed by atoms with Crippen LogP contribution in [-0.2, 0) is 16.0 Å². The number of nitrogens with zero attached hydrogens (tertiary/aromatic N) is 1. The van der Waals surface area contributed by atoms with Crippen LogP contribution in [0.2, 0.25) is 0 Å². The third-order valence-corrected chi connectivity index (χ3v) is 5.14. The van der Waals surface area contributed by atoms with Crippen molar-refractivity contribution >= 4 is 34.6 Å². The molecule has 1 aromatic carbocycles. The van der Waals surface area contributed by atoms with Crippen LogP contribution >= 0.6 is 11.3 Å². The number of benzene rings is 1. The topological polar surface area (TPSA) is 58.6 Å². The van der Waals surface area contributed by atoms with Crippen molar-refractivity contribution in [2.24, 2.45) is 0 Å². The number of nitrogens with one attached hydrogen (secondary N) is 1. The number of amides is 1. The van der Waals surface area contributed by atoms with Crippen LogP contribution < -0.4 is 10.2 Å². The van der Waals surface area contributed by atoms with Gasteiger partial charge < -0.3 is 15.0 Å². The Labute approximate surface area is 149 Å². The van der Waals surface area contributed by atoms with Gasteiger partial charge in [-0.25, -0.2) is 9.18 Å². The lowest BCUT2D eigenvalue weighted by Crippen LogP contribution is -2.37. The minimum absolute atomic E-state index is 0.105. The Morgan fingerprint density at radius 1 is 1.36 bits per heavy atom. The zero-order valence-electron chi connectivity index (χ0n) is 14.1. The standard InChI is InChI=1S/C18H19FN2O3S/c1-11-5-6-13(19)12-4-3-8-21(16(11)12)10-15(22)20-14-7-9-25-17(14)18(23)24-2/h5-7,9H,3-4,8,10H2,1-2H3,(H,20,22). The highest BCUT2D eigenvalue weighted by atomic mass is 32.1. The molecule has 2 heterocycles. The molecule has 0 spiro atoms. The Morgan fingerprint density at radius 2 is 2.16 bits per heavy atom. The number of aryl methyl sites for hydroxylation is 1. The molecule has 5 nitrogen and oxygen atoms in total. The Hall–Kier alpha value is -2.41. The first-order valence-electron chi connectivity index (χ1n) is 8.00. The van der Waals surface area contributed by atoms with Crippen LogP contribution in [0, 0.1) is 12.7 Å². The summed E-state index contributed by atoms with van der Waals surface area (Å²) in [5.74, 6) is -0.955. The summed E-state index contributed by atoms with van der Waals surface area (Å²) in [6.07, 6.45) is 1.48. The van der Waals surface area contributed by atoms with E-state index in [2.05, 4.69) is 5.32 Å². The van der Waals surface area contributed by atoms with Gasteiger partial charge in [0.05, 0.1) is 19.3 Å². The van der Waals surface area contributed by atoms with E-state index in [4.69, 9.17) is 4.74 Å². The van der Waals surface area contributed by atoms with Crippen molar-refractivity contribution in [1.82, 2.24) is 0 Å². The van der Waals surface area contributed by atoms with Crippen molar-refractivity contribution in [2.75, 3.05) is 30.4 Å². The molecule has 1 aliphatic rings. The smallest absolute Gasteiger partial charge is 0.350 e. The normalized spacial score (nSPS) is 13.3. The molecule has 2 aromatic rings. The molecule has 0 bridgehead atoms. The lowest BCUT2D eigenvalue weighted by atomic mass is 9.97. The fourth-order valence-corrected chi connectivity index (χ4v) is 3.91. The van der Waals surface area contributed by atoms with Crippen molar-refractivity contribution in [3.63, 3.8) is 0 Å². The zero-order chi connectivity index (χ0) is 18.0. The maximum Gasteiger partial charge on any atom is 0.350 e. The first-order valence-corrected chi connectivity index (χ1v) is 8.87. The number of methoxy groups -OCH3 is 1. The molecule has 1 amide bonds. The van der Waals surface area contributed by atoms with E-state index < -0.39 is 5.97 Å². The van der Waals surface area contributed by atoms with Gasteiger partial charge in [0.15, 0.2) is 0 Å². The van der Waals surface area contributed by atoms with Crippen molar-refractivity contribution < 1.29 is 18.7 Å². The Morgan fingerprint density at radius 3 is 2.92 bits per heavy atom. The van der Waals surface area contributed by atoms with Gasteiger partial charge in [0.2, 0.25) is 5.91 Å². The van der Waals surface area contributed by atoms with E-state index in [1.165, 1.54) is 24.5 Å². The molecule has 0 unspecified atom stereocenters. The maximum absolute atomic E-state index is 14.1. The summed E-state index contributed by atoms with van der Waals surface area (Å²) in [5.41, 5.74) is 2.87. The highest BCUT2D eigenvalue weighted by Crippen LogP contribution is 2.32. The number of carbonyl (C=O) groups is 2. The first-order chi connectivity index (χ1) is 12.0. The molecule has 3 rings (SSSR count). The fraction of sp³-hybridized carbons (Fsp3) is 0.333. The fourth-order valence-electron chi connectivity index (χ4n) is 3.15. The number of hydrogen-bond donors (Lipinski definition) is 1. The van der Waals surface area contributed by atoms with E-state index in [0.29, 0.717) is 29.1 Å². The van der Waals surface area contributed by atoms with Crippen LogP contribution in [0.5, 0.6) is 0 Å². The van der Waals surface area contributed by atoms with Crippen molar-refractivity contribution in [2.45, 2.75) is 19.8 Å². The maximum atomic E-state index is 14.1. The number of ether oxygens (including phenoxy) is 1. The lowest BCUT2D eigenvalue weighted by molar-refractivity contribution is -0.115. The number of rotatable bonds is 4. The first kappa shape index (κ1) is 17.4. The zero-order valence-corrected chi connectivity index (χ0v) is 14.9. The summed E-state index contributed by atoms with van der Waals surface area (Å²) in [7, 11) is 1.30. The number of thiophene rings is 1. The summed E-state index contributed by atoms with van der Waals surface area (Å²) in [5, 5.41) is 4.47. The molecule has 0 atom stereocenters. The highest BCUT2D eigenvalue weighted by molar-refractivity contribution is 7.12. The highest BCUT2D eigenvalue weighted by Gasteiger charge is 2.24. The van der Waals surface area contributed by atoms with E-state index >= 15 is 0 Å². The van der Waals surface area contributed by atoms with Crippen LogP contribution in [-0.4, -0.2) is 32.1 Å². The summed E-state index contributed by atoms with van der Waals surface area (Å²) < 4.78 is 18.8. The average molecular weight is 362 g/mol. The number of halogens is 1. The second-order valence-electron chi connectivity index (χ2n) is 5.92. The number of hydrogen-bond acceptors (Lipinski definition) is 5. The predicted octanol–water partition coefficient (Wildman–Crippen LogP) is 3.37. The van der Waals surface area contributed by atoms with E-state index in [1.54, 1.807) is 17.5 Å². The Kier molecular flexibility index (Phi) is 5.03.